The molecule has 2 aromatic carbocycles. The maximum atomic E-state index is 13.2. The minimum Gasteiger partial charge on any atom is -0.373 e. The molecule has 1 saturated carbocycles. The first kappa shape index (κ1) is 23.4. The molecule has 0 aromatic heterocycles. The van der Waals surface area contributed by atoms with E-state index in [1.54, 1.807) is 0 Å². The normalized spacial score (nSPS) is 26.0. The molecule has 4 rings (SSSR count). The Labute approximate surface area is 186 Å². The molecule has 2 aromatic rings. The van der Waals surface area contributed by atoms with Crippen LogP contribution in [0.4, 0.5) is 31.1 Å². The van der Waals surface area contributed by atoms with Crippen molar-refractivity contribution in [3.63, 3.8) is 0 Å². The van der Waals surface area contributed by atoms with Crippen LogP contribution in [0.25, 0.3) is 0 Å². The summed E-state index contributed by atoms with van der Waals surface area (Å²) >= 11 is 0. The first-order chi connectivity index (χ1) is 15.3. The second-order valence-corrected chi connectivity index (χ2v) is 8.88. The first-order valence-corrected chi connectivity index (χ1v) is 10.3. The number of rotatable bonds is 5. The van der Waals surface area contributed by atoms with E-state index in [1.807, 2.05) is 30.3 Å². The summed E-state index contributed by atoms with van der Waals surface area (Å²) in [6, 6.07) is 10.6. The molecule has 0 radical (unpaired) electrons. The van der Waals surface area contributed by atoms with E-state index >= 15 is 0 Å². The van der Waals surface area contributed by atoms with Crippen LogP contribution in [-0.4, -0.2) is 24.7 Å². The predicted octanol–water partition coefficient (Wildman–Crippen LogP) is 5.59. The van der Waals surface area contributed by atoms with Crippen LogP contribution < -0.4 is 10.6 Å². The van der Waals surface area contributed by atoms with E-state index in [-0.39, 0.29) is 24.3 Å². The van der Waals surface area contributed by atoms with E-state index in [4.69, 9.17) is 4.74 Å². The fraction of sp³-hybridized carbons (Fsp3) is 0.435. The lowest BCUT2D eigenvalue weighted by atomic mass is 9.55. The monoisotopic (exact) mass is 472 g/mol. The highest BCUT2D eigenvalue weighted by molar-refractivity contribution is 5.78. The molecule has 2 N–H and O–H groups in total. The van der Waals surface area contributed by atoms with Gasteiger partial charge in [0.05, 0.1) is 29.4 Å². The molecule has 2 fully saturated rings. The van der Waals surface area contributed by atoms with Gasteiger partial charge < -0.3 is 15.4 Å². The van der Waals surface area contributed by atoms with Crippen molar-refractivity contribution < 1.29 is 35.9 Å². The van der Waals surface area contributed by atoms with E-state index < -0.39 is 40.5 Å². The van der Waals surface area contributed by atoms with Crippen molar-refractivity contribution in [2.45, 2.75) is 49.2 Å². The maximum Gasteiger partial charge on any atom is 0.416 e. The number of hydrogen-bond donors (Lipinski definition) is 2. The molecule has 1 aliphatic heterocycles. The second-order valence-electron chi connectivity index (χ2n) is 8.88. The molecule has 1 spiro atoms. The van der Waals surface area contributed by atoms with Gasteiger partial charge in [-0.15, -0.1) is 0 Å². The van der Waals surface area contributed by atoms with E-state index in [0.29, 0.717) is 31.5 Å². The zero-order valence-corrected chi connectivity index (χ0v) is 17.6. The second kappa shape index (κ2) is 7.93. The van der Waals surface area contributed by atoms with Gasteiger partial charge in [-0.2, -0.15) is 26.3 Å². The minimum absolute atomic E-state index is 0.0768. The molecule has 2 amide bonds. The zero-order chi connectivity index (χ0) is 24.1. The molecular formula is C23H22F6N2O2. The number of benzene rings is 2. The van der Waals surface area contributed by atoms with E-state index in [1.165, 1.54) is 6.92 Å². The van der Waals surface area contributed by atoms with Gasteiger partial charge in [0, 0.05) is 12.0 Å². The lowest BCUT2D eigenvalue weighted by molar-refractivity contribution is -0.143. The fourth-order valence-corrected chi connectivity index (χ4v) is 4.81. The zero-order valence-electron chi connectivity index (χ0n) is 17.6. The summed E-state index contributed by atoms with van der Waals surface area (Å²) in [7, 11) is 0. The van der Waals surface area contributed by atoms with Gasteiger partial charge in [-0.05, 0) is 49.1 Å². The molecular weight excluding hydrogens is 450 g/mol. The SMILES string of the molecule is C[C@@H](OCC1(c2ccccc2)CC2(CNC(=O)N2)C1)c1cc(C(F)(F)F)cc(C(F)(F)F)c1. The minimum atomic E-state index is -4.92. The van der Waals surface area contributed by atoms with E-state index in [2.05, 4.69) is 10.6 Å². The number of carbonyl (C=O) groups excluding carboxylic acids is 1. The lowest BCUT2D eigenvalue weighted by Gasteiger charge is -2.54. The van der Waals surface area contributed by atoms with Gasteiger partial charge in [-0.1, -0.05) is 30.3 Å². The highest BCUT2D eigenvalue weighted by Gasteiger charge is 2.58. The Balaban J connectivity index is 1.57. The van der Waals surface area contributed by atoms with Crippen LogP contribution in [0.2, 0.25) is 0 Å². The third kappa shape index (κ3) is 4.66. The topological polar surface area (TPSA) is 50.4 Å². The number of urea groups is 1. The van der Waals surface area contributed by atoms with Gasteiger partial charge in [0.2, 0.25) is 0 Å². The Morgan fingerprint density at radius 1 is 0.970 bits per heavy atom. The summed E-state index contributed by atoms with van der Waals surface area (Å²) in [5.41, 5.74) is -2.98. The van der Waals surface area contributed by atoms with Crippen molar-refractivity contribution in [2.24, 2.45) is 0 Å². The van der Waals surface area contributed by atoms with Crippen LogP contribution >= 0.6 is 0 Å². The van der Waals surface area contributed by atoms with Gasteiger partial charge in [0.25, 0.3) is 0 Å². The molecule has 2 aliphatic rings. The van der Waals surface area contributed by atoms with Crippen LogP contribution in [0.5, 0.6) is 0 Å². The van der Waals surface area contributed by atoms with Crippen molar-refractivity contribution in [2.75, 3.05) is 13.2 Å². The van der Waals surface area contributed by atoms with E-state index in [9.17, 15) is 31.1 Å². The number of alkyl halides is 6. The van der Waals surface area contributed by atoms with Crippen molar-refractivity contribution in [1.82, 2.24) is 10.6 Å². The summed E-state index contributed by atoms with van der Waals surface area (Å²) in [4.78, 5) is 11.6. The van der Waals surface area contributed by atoms with Crippen molar-refractivity contribution in [3.8, 4) is 0 Å². The van der Waals surface area contributed by atoms with Crippen molar-refractivity contribution >= 4 is 6.03 Å². The van der Waals surface area contributed by atoms with E-state index in [0.717, 1.165) is 5.56 Å². The smallest absolute Gasteiger partial charge is 0.373 e. The molecule has 1 heterocycles. The number of hydrogen-bond acceptors (Lipinski definition) is 2. The summed E-state index contributed by atoms with van der Waals surface area (Å²) in [6.07, 6.45) is -9.79. The molecule has 0 bridgehead atoms. The van der Waals surface area contributed by atoms with Crippen LogP contribution in [0, 0.1) is 0 Å². The number of amides is 2. The first-order valence-electron chi connectivity index (χ1n) is 10.3. The average Bonchev–Trinajstić information content (AvgIpc) is 3.11. The van der Waals surface area contributed by atoms with Crippen LogP contribution in [-0.2, 0) is 22.5 Å². The molecule has 178 valence electrons. The number of nitrogens with one attached hydrogen (secondary N) is 2. The lowest BCUT2D eigenvalue weighted by Crippen LogP contribution is -2.63. The Morgan fingerprint density at radius 3 is 2.03 bits per heavy atom. The van der Waals surface area contributed by atoms with Gasteiger partial charge in [0.15, 0.2) is 0 Å². The molecule has 10 heteroatoms. The summed E-state index contributed by atoms with van der Waals surface area (Å²) in [6.45, 7) is 1.95. The largest absolute Gasteiger partial charge is 0.416 e. The van der Waals surface area contributed by atoms with Gasteiger partial charge >= 0.3 is 18.4 Å². The summed E-state index contributed by atoms with van der Waals surface area (Å²) in [5.74, 6) is 0. The third-order valence-corrected chi connectivity index (χ3v) is 6.39. The number of halogens is 6. The van der Waals surface area contributed by atoms with Crippen molar-refractivity contribution in [3.05, 3.63) is 70.8 Å². The molecule has 4 nitrogen and oxygen atoms in total. The fourth-order valence-electron chi connectivity index (χ4n) is 4.81. The van der Waals surface area contributed by atoms with Crippen LogP contribution in [0.3, 0.4) is 0 Å². The Morgan fingerprint density at radius 2 is 1.55 bits per heavy atom. The number of ether oxygens (including phenoxy) is 1. The summed E-state index contributed by atoms with van der Waals surface area (Å²) in [5, 5.41) is 5.63. The van der Waals surface area contributed by atoms with Crippen LogP contribution in [0.15, 0.2) is 48.5 Å². The molecule has 33 heavy (non-hydrogen) atoms. The average molecular weight is 472 g/mol. The standard InChI is InChI=1S/C23H22F6N2O2/c1-14(15-7-17(22(24,25)26)9-18(8-15)23(27,28)29)33-13-20(16-5-3-2-4-6-16)10-21(11-20)12-30-19(32)31-21/h2-9,14H,10-13H2,1H3,(H2,30,31,32)/t14-,20?,21?/m1/s1. The Bertz CT molecular complexity index is 997. The summed E-state index contributed by atoms with van der Waals surface area (Å²) < 4.78 is 85.2. The Kier molecular flexibility index (Phi) is 5.63. The number of carbonyl (C=O) groups is 1. The molecule has 1 aliphatic carbocycles. The van der Waals surface area contributed by atoms with Crippen LogP contribution in [0.1, 0.15) is 48.1 Å². The van der Waals surface area contributed by atoms with Gasteiger partial charge in [-0.25, -0.2) is 4.79 Å². The molecule has 1 atom stereocenters. The molecule has 1 saturated heterocycles. The highest BCUT2D eigenvalue weighted by Crippen LogP contribution is 2.52. The third-order valence-electron chi connectivity index (χ3n) is 6.39. The maximum absolute atomic E-state index is 13.2. The van der Waals surface area contributed by atoms with Gasteiger partial charge in [0.1, 0.15) is 0 Å². The molecule has 0 unspecified atom stereocenters. The highest BCUT2D eigenvalue weighted by atomic mass is 19.4. The predicted molar refractivity (Wildman–Crippen MR) is 107 cm³/mol. The quantitative estimate of drug-likeness (QED) is 0.558. The Hall–Kier alpha value is -2.75. The van der Waals surface area contributed by atoms with Gasteiger partial charge in [-0.3, -0.25) is 0 Å². The van der Waals surface area contributed by atoms with Crippen molar-refractivity contribution in [1.29, 1.82) is 0 Å².